The Morgan fingerprint density at radius 1 is 1.61 bits per heavy atom. The Hall–Kier alpha value is -1.26. The maximum atomic E-state index is 12.6. The van der Waals surface area contributed by atoms with Crippen molar-refractivity contribution in [1.29, 1.82) is 0 Å². The Kier molecular flexibility index (Phi) is 4.59. The van der Waals surface area contributed by atoms with Gasteiger partial charge in [0.2, 0.25) is 5.91 Å². The Morgan fingerprint density at radius 3 is 2.56 bits per heavy atom. The fourth-order valence-electron chi connectivity index (χ4n) is 2.87. The van der Waals surface area contributed by atoms with Crippen molar-refractivity contribution in [2.45, 2.75) is 52.5 Å². The number of amides is 1. The molecule has 1 saturated carbocycles. The third-order valence-corrected chi connectivity index (χ3v) is 4.09. The third-order valence-electron chi connectivity index (χ3n) is 4.09. The van der Waals surface area contributed by atoms with E-state index in [0.717, 1.165) is 12.8 Å². The highest BCUT2D eigenvalue weighted by atomic mass is 16.4. The Morgan fingerprint density at radius 2 is 2.17 bits per heavy atom. The molecule has 0 spiro atoms. The molecule has 0 aromatic rings. The number of oxime groups is 1. The van der Waals surface area contributed by atoms with Crippen LogP contribution in [0.2, 0.25) is 0 Å². The lowest BCUT2D eigenvalue weighted by Crippen LogP contribution is -2.58. The summed E-state index contributed by atoms with van der Waals surface area (Å²) in [7, 11) is 1.80. The van der Waals surface area contributed by atoms with E-state index in [-0.39, 0.29) is 17.8 Å². The fraction of sp³-hybridized carbons (Fsp3) is 0.846. The molecule has 0 aromatic carbocycles. The molecule has 0 saturated heterocycles. The predicted octanol–water partition coefficient (Wildman–Crippen LogP) is 1.80. The van der Waals surface area contributed by atoms with Gasteiger partial charge in [-0.3, -0.25) is 4.79 Å². The number of hydrogen-bond donors (Lipinski definition) is 2. The topological polar surface area (TPSA) is 78.9 Å². The molecule has 1 aliphatic rings. The van der Waals surface area contributed by atoms with Crippen molar-refractivity contribution in [2.24, 2.45) is 22.2 Å². The number of hydrogen-bond acceptors (Lipinski definition) is 3. The first-order chi connectivity index (χ1) is 8.39. The van der Waals surface area contributed by atoms with Crippen LogP contribution in [0.1, 0.15) is 46.5 Å². The summed E-state index contributed by atoms with van der Waals surface area (Å²) in [5.74, 6) is 0.488. The molecule has 0 bridgehead atoms. The lowest BCUT2D eigenvalue weighted by molar-refractivity contribution is -0.145. The number of amidine groups is 1. The van der Waals surface area contributed by atoms with Crippen LogP contribution in [0, 0.1) is 11.3 Å². The first-order valence-corrected chi connectivity index (χ1v) is 6.64. The van der Waals surface area contributed by atoms with E-state index >= 15 is 0 Å². The maximum absolute atomic E-state index is 12.6. The summed E-state index contributed by atoms with van der Waals surface area (Å²) in [5, 5.41) is 12.0. The Labute approximate surface area is 109 Å². The summed E-state index contributed by atoms with van der Waals surface area (Å²) in [6, 6.07) is 0.182. The first-order valence-electron chi connectivity index (χ1n) is 6.64. The molecule has 1 aliphatic carbocycles. The molecule has 0 heterocycles. The van der Waals surface area contributed by atoms with E-state index in [9.17, 15) is 4.79 Å². The molecular weight excluding hydrogens is 230 g/mol. The van der Waals surface area contributed by atoms with Crippen LogP contribution in [-0.2, 0) is 4.79 Å². The van der Waals surface area contributed by atoms with Gasteiger partial charge in [-0.1, -0.05) is 25.4 Å². The molecule has 18 heavy (non-hydrogen) atoms. The Balaban J connectivity index is 2.85. The SMILES string of the molecule is CCCC(C)N(C)C(=O)C1(C(N)=NO)CC(C)C1. The van der Waals surface area contributed by atoms with Crippen molar-refractivity contribution in [2.75, 3.05) is 7.05 Å². The minimum Gasteiger partial charge on any atom is -0.409 e. The van der Waals surface area contributed by atoms with Crippen molar-refractivity contribution >= 4 is 11.7 Å². The predicted molar refractivity (Wildman–Crippen MR) is 71.4 cm³/mol. The molecular formula is C13H25N3O2. The molecule has 1 atom stereocenters. The van der Waals surface area contributed by atoms with Gasteiger partial charge < -0.3 is 15.8 Å². The second-order valence-corrected chi connectivity index (χ2v) is 5.63. The van der Waals surface area contributed by atoms with Crippen LogP contribution in [-0.4, -0.2) is 34.9 Å². The van der Waals surface area contributed by atoms with E-state index in [0.29, 0.717) is 18.8 Å². The van der Waals surface area contributed by atoms with E-state index in [4.69, 9.17) is 10.9 Å². The second-order valence-electron chi connectivity index (χ2n) is 5.63. The van der Waals surface area contributed by atoms with Crippen LogP contribution in [0.15, 0.2) is 5.16 Å². The second kappa shape index (κ2) is 5.59. The largest absolute Gasteiger partial charge is 0.409 e. The molecule has 3 N–H and O–H groups in total. The number of rotatable bonds is 5. The van der Waals surface area contributed by atoms with Crippen LogP contribution < -0.4 is 5.73 Å². The van der Waals surface area contributed by atoms with E-state index in [1.807, 2.05) is 6.92 Å². The minimum atomic E-state index is -0.773. The van der Waals surface area contributed by atoms with Gasteiger partial charge in [-0.25, -0.2) is 0 Å². The van der Waals surface area contributed by atoms with Gasteiger partial charge in [0.25, 0.3) is 0 Å². The van der Waals surface area contributed by atoms with Gasteiger partial charge in [0.1, 0.15) is 5.41 Å². The van der Waals surface area contributed by atoms with E-state index in [1.54, 1.807) is 11.9 Å². The number of carbonyl (C=O) groups excluding carboxylic acids is 1. The molecule has 1 fully saturated rings. The molecule has 1 amide bonds. The number of nitrogens with zero attached hydrogens (tertiary/aromatic N) is 2. The van der Waals surface area contributed by atoms with E-state index < -0.39 is 5.41 Å². The smallest absolute Gasteiger partial charge is 0.236 e. The molecule has 1 rings (SSSR count). The molecule has 0 aliphatic heterocycles. The molecule has 1 unspecified atom stereocenters. The van der Waals surface area contributed by atoms with Crippen LogP contribution in [0.5, 0.6) is 0 Å². The minimum absolute atomic E-state index is 0.0168. The first kappa shape index (κ1) is 14.8. The molecule has 5 nitrogen and oxygen atoms in total. The van der Waals surface area contributed by atoms with Crippen LogP contribution in [0.25, 0.3) is 0 Å². The zero-order valence-electron chi connectivity index (χ0n) is 11.8. The lowest BCUT2D eigenvalue weighted by Gasteiger charge is -2.46. The highest BCUT2D eigenvalue weighted by Gasteiger charge is 2.53. The lowest BCUT2D eigenvalue weighted by atomic mass is 9.61. The van der Waals surface area contributed by atoms with Crippen molar-refractivity contribution in [3.8, 4) is 0 Å². The van der Waals surface area contributed by atoms with Gasteiger partial charge >= 0.3 is 0 Å². The normalized spacial score (nSPS) is 29.6. The monoisotopic (exact) mass is 255 g/mol. The Bertz CT molecular complexity index is 335. The quantitative estimate of drug-likeness (QED) is 0.340. The van der Waals surface area contributed by atoms with Crippen molar-refractivity contribution in [3.05, 3.63) is 0 Å². The highest BCUT2D eigenvalue weighted by molar-refractivity contribution is 6.07. The van der Waals surface area contributed by atoms with Gasteiger partial charge in [-0.2, -0.15) is 0 Å². The van der Waals surface area contributed by atoms with Crippen molar-refractivity contribution < 1.29 is 10.0 Å². The zero-order chi connectivity index (χ0) is 13.9. The van der Waals surface area contributed by atoms with Crippen LogP contribution in [0.3, 0.4) is 0 Å². The summed E-state index contributed by atoms with van der Waals surface area (Å²) in [4.78, 5) is 14.3. The number of nitrogens with two attached hydrogens (primary N) is 1. The summed E-state index contributed by atoms with van der Waals surface area (Å²) >= 11 is 0. The average molecular weight is 255 g/mol. The van der Waals surface area contributed by atoms with E-state index in [1.165, 1.54) is 0 Å². The van der Waals surface area contributed by atoms with Crippen LogP contribution in [0.4, 0.5) is 0 Å². The number of carbonyl (C=O) groups is 1. The molecule has 0 aromatic heterocycles. The van der Waals surface area contributed by atoms with Crippen LogP contribution >= 0.6 is 0 Å². The van der Waals surface area contributed by atoms with Crippen molar-refractivity contribution in [1.82, 2.24) is 4.90 Å². The van der Waals surface area contributed by atoms with Gasteiger partial charge in [-0.05, 0) is 32.1 Å². The standard InChI is InChI=1S/C13H25N3O2/c1-5-6-10(3)16(4)12(17)13(11(14)15-18)7-9(2)8-13/h9-10,18H,5-8H2,1-4H3,(H2,14,15). The maximum Gasteiger partial charge on any atom is 0.236 e. The van der Waals surface area contributed by atoms with Crippen molar-refractivity contribution in [3.63, 3.8) is 0 Å². The third kappa shape index (κ3) is 2.44. The summed E-state index contributed by atoms with van der Waals surface area (Å²) in [6.45, 7) is 6.20. The summed E-state index contributed by atoms with van der Waals surface area (Å²) in [5.41, 5.74) is 4.97. The van der Waals surface area contributed by atoms with E-state index in [2.05, 4.69) is 19.0 Å². The highest BCUT2D eigenvalue weighted by Crippen LogP contribution is 2.47. The molecule has 0 radical (unpaired) electrons. The summed E-state index contributed by atoms with van der Waals surface area (Å²) < 4.78 is 0. The zero-order valence-corrected chi connectivity index (χ0v) is 11.8. The van der Waals surface area contributed by atoms with Gasteiger partial charge in [0.05, 0.1) is 0 Å². The van der Waals surface area contributed by atoms with Gasteiger partial charge in [0, 0.05) is 13.1 Å². The van der Waals surface area contributed by atoms with Gasteiger partial charge in [-0.15, -0.1) is 0 Å². The molecule has 5 heteroatoms. The average Bonchev–Trinajstić information content (AvgIpc) is 2.32. The molecule has 104 valence electrons. The fourth-order valence-corrected chi connectivity index (χ4v) is 2.87. The summed E-state index contributed by atoms with van der Waals surface area (Å²) in [6.07, 6.45) is 3.34. The van der Waals surface area contributed by atoms with Gasteiger partial charge in [0.15, 0.2) is 5.84 Å².